The van der Waals surface area contributed by atoms with Gasteiger partial charge in [0.15, 0.2) is 0 Å². The van der Waals surface area contributed by atoms with Crippen molar-refractivity contribution < 1.29 is 22.7 Å². The number of alkyl halides is 3. The van der Waals surface area contributed by atoms with Crippen molar-refractivity contribution in [2.45, 2.75) is 37.5 Å². The van der Waals surface area contributed by atoms with Crippen LogP contribution in [0.4, 0.5) is 18.9 Å². The second-order valence-corrected chi connectivity index (χ2v) is 7.01. The molecule has 0 saturated carbocycles. The van der Waals surface area contributed by atoms with E-state index in [1.807, 2.05) is 12.2 Å². The summed E-state index contributed by atoms with van der Waals surface area (Å²) < 4.78 is 42.7. The molecule has 3 aliphatic rings. The topological polar surface area (TPSA) is 32.8 Å². The van der Waals surface area contributed by atoms with Gasteiger partial charge < -0.3 is 9.64 Å². The normalized spacial score (nSPS) is 32.1. The molecule has 1 aromatic rings. The van der Waals surface area contributed by atoms with Gasteiger partial charge in [0.1, 0.15) is 5.60 Å². The fraction of sp³-hybridized carbons (Fsp3) is 0.500. The van der Waals surface area contributed by atoms with Gasteiger partial charge in [-0.05, 0) is 37.0 Å². The molecule has 2 heterocycles. The van der Waals surface area contributed by atoms with Gasteiger partial charge in [-0.2, -0.15) is 13.2 Å². The first-order valence-electron chi connectivity index (χ1n) is 8.13. The standard InChI is InChI=1S/C18H18F3NO2/c19-18(20,21)11-13-1-3-14(4-2-13)22-10-9-16(15(22)23)5-7-17(8-6-16)12-24-17/h1-5,7H,6,8-12H2. The maximum Gasteiger partial charge on any atom is 0.393 e. The fourth-order valence-electron chi connectivity index (χ4n) is 3.69. The van der Waals surface area contributed by atoms with Crippen molar-refractivity contribution in [3.8, 4) is 0 Å². The average Bonchev–Trinajstić information content (AvgIpc) is 3.22. The first-order valence-corrected chi connectivity index (χ1v) is 8.13. The van der Waals surface area contributed by atoms with Crippen molar-refractivity contribution in [1.29, 1.82) is 0 Å². The van der Waals surface area contributed by atoms with Crippen LogP contribution in [-0.4, -0.2) is 30.8 Å². The number of rotatable bonds is 2. The lowest BCUT2D eigenvalue weighted by Crippen LogP contribution is -2.36. The van der Waals surface area contributed by atoms with Gasteiger partial charge in [-0.1, -0.05) is 24.3 Å². The van der Waals surface area contributed by atoms with Crippen LogP contribution in [0.5, 0.6) is 0 Å². The zero-order valence-corrected chi connectivity index (χ0v) is 13.1. The fourth-order valence-corrected chi connectivity index (χ4v) is 3.69. The van der Waals surface area contributed by atoms with E-state index in [0.717, 1.165) is 25.9 Å². The predicted molar refractivity (Wildman–Crippen MR) is 82.7 cm³/mol. The summed E-state index contributed by atoms with van der Waals surface area (Å²) in [5.74, 6) is 0.0396. The molecule has 2 aliphatic heterocycles. The molecule has 2 atom stereocenters. The van der Waals surface area contributed by atoms with Gasteiger partial charge in [0.25, 0.3) is 0 Å². The molecule has 6 heteroatoms. The van der Waals surface area contributed by atoms with Crippen molar-refractivity contribution in [3.05, 3.63) is 42.0 Å². The molecule has 3 nitrogen and oxygen atoms in total. The van der Waals surface area contributed by atoms with E-state index in [-0.39, 0.29) is 17.1 Å². The Labute approximate surface area is 138 Å². The smallest absolute Gasteiger partial charge is 0.365 e. The Morgan fingerprint density at radius 1 is 1.08 bits per heavy atom. The molecule has 2 spiro atoms. The molecule has 1 aliphatic carbocycles. The van der Waals surface area contributed by atoms with Crippen LogP contribution in [0, 0.1) is 5.41 Å². The molecule has 2 unspecified atom stereocenters. The second kappa shape index (κ2) is 5.09. The number of benzene rings is 1. The molecule has 0 radical (unpaired) electrons. The minimum Gasteiger partial charge on any atom is -0.365 e. The molecule has 1 aromatic carbocycles. The molecule has 0 N–H and O–H groups in total. The maximum atomic E-state index is 12.9. The average molecular weight is 337 g/mol. The predicted octanol–water partition coefficient (Wildman–Crippen LogP) is 3.63. The molecule has 1 amide bonds. The highest BCUT2D eigenvalue weighted by atomic mass is 19.4. The third kappa shape index (κ3) is 2.73. The van der Waals surface area contributed by atoms with E-state index >= 15 is 0 Å². The zero-order valence-electron chi connectivity index (χ0n) is 13.1. The van der Waals surface area contributed by atoms with E-state index in [2.05, 4.69) is 0 Å². The summed E-state index contributed by atoms with van der Waals surface area (Å²) in [7, 11) is 0. The zero-order chi connectivity index (χ0) is 17.0. The van der Waals surface area contributed by atoms with Gasteiger partial charge >= 0.3 is 6.18 Å². The molecule has 128 valence electrons. The van der Waals surface area contributed by atoms with Gasteiger partial charge in [0, 0.05) is 12.2 Å². The maximum absolute atomic E-state index is 12.9. The number of halogens is 3. The van der Waals surface area contributed by atoms with Crippen molar-refractivity contribution in [1.82, 2.24) is 0 Å². The van der Waals surface area contributed by atoms with Crippen molar-refractivity contribution in [2.24, 2.45) is 5.41 Å². The molecule has 24 heavy (non-hydrogen) atoms. The molecule has 0 aromatic heterocycles. The van der Waals surface area contributed by atoms with Crippen molar-refractivity contribution in [3.63, 3.8) is 0 Å². The number of amides is 1. The first kappa shape index (κ1) is 15.7. The number of hydrogen-bond donors (Lipinski definition) is 0. The molecular formula is C18H18F3NO2. The van der Waals surface area contributed by atoms with Gasteiger partial charge in [-0.15, -0.1) is 0 Å². The van der Waals surface area contributed by atoms with Crippen LogP contribution in [0.15, 0.2) is 36.4 Å². The number of anilines is 1. The van der Waals surface area contributed by atoms with Gasteiger partial charge in [0.05, 0.1) is 18.4 Å². The van der Waals surface area contributed by atoms with Crippen LogP contribution in [0.2, 0.25) is 0 Å². The van der Waals surface area contributed by atoms with Gasteiger partial charge in [-0.25, -0.2) is 0 Å². The highest BCUT2D eigenvalue weighted by Crippen LogP contribution is 2.49. The molecule has 2 fully saturated rings. The Morgan fingerprint density at radius 3 is 2.33 bits per heavy atom. The Balaban J connectivity index is 1.50. The minimum absolute atomic E-state index is 0.0396. The van der Waals surface area contributed by atoms with Crippen LogP contribution in [-0.2, 0) is 16.0 Å². The van der Waals surface area contributed by atoms with Crippen LogP contribution < -0.4 is 4.90 Å². The van der Waals surface area contributed by atoms with Crippen LogP contribution in [0.25, 0.3) is 0 Å². The van der Waals surface area contributed by atoms with Gasteiger partial charge in [-0.3, -0.25) is 4.79 Å². The Morgan fingerprint density at radius 2 is 1.79 bits per heavy atom. The highest BCUT2D eigenvalue weighted by Gasteiger charge is 2.53. The summed E-state index contributed by atoms with van der Waals surface area (Å²) >= 11 is 0. The van der Waals surface area contributed by atoms with E-state index in [4.69, 9.17) is 4.74 Å². The summed E-state index contributed by atoms with van der Waals surface area (Å²) in [5.41, 5.74) is 0.275. The number of hydrogen-bond acceptors (Lipinski definition) is 2. The lowest BCUT2D eigenvalue weighted by atomic mass is 9.74. The number of ether oxygens (including phenoxy) is 1. The molecular weight excluding hydrogens is 319 g/mol. The minimum atomic E-state index is -4.22. The van der Waals surface area contributed by atoms with Crippen molar-refractivity contribution in [2.75, 3.05) is 18.1 Å². The molecule has 0 bridgehead atoms. The lowest BCUT2D eigenvalue weighted by Gasteiger charge is -2.29. The lowest BCUT2D eigenvalue weighted by molar-refractivity contribution is -0.127. The number of carbonyl (C=O) groups excluding carboxylic acids is 1. The summed E-state index contributed by atoms with van der Waals surface area (Å²) in [5, 5.41) is 0. The van der Waals surface area contributed by atoms with Gasteiger partial charge in [0.2, 0.25) is 5.91 Å². The van der Waals surface area contributed by atoms with E-state index in [9.17, 15) is 18.0 Å². The number of nitrogens with zero attached hydrogens (tertiary/aromatic N) is 1. The largest absolute Gasteiger partial charge is 0.393 e. The van der Waals surface area contributed by atoms with Crippen LogP contribution in [0.1, 0.15) is 24.8 Å². The number of carbonyl (C=O) groups is 1. The van der Waals surface area contributed by atoms with E-state index in [1.165, 1.54) is 12.1 Å². The molecule has 2 saturated heterocycles. The summed E-state index contributed by atoms with van der Waals surface area (Å²) in [6, 6.07) is 6.11. The van der Waals surface area contributed by atoms with Crippen molar-refractivity contribution >= 4 is 11.6 Å². The summed E-state index contributed by atoms with van der Waals surface area (Å²) in [6.07, 6.45) is 1.20. The third-order valence-electron chi connectivity index (χ3n) is 5.32. The monoisotopic (exact) mass is 337 g/mol. The van der Waals surface area contributed by atoms with E-state index < -0.39 is 18.0 Å². The third-order valence-corrected chi connectivity index (χ3v) is 5.32. The SMILES string of the molecule is O=C1N(c2ccc(CC(F)(F)F)cc2)CCC12C=CC1(CC2)CO1. The summed E-state index contributed by atoms with van der Waals surface area (Å²) in [6.45, 7) is 1.33. The highest BCUT2D eigenvalue weighted by molar-refractivity contribution is 6.01. The quantitative estimate of drug-likeness (QED) is 0.610. The van der Waals surface area contributed by atoms with Crippen LogP contribution >= 0.6 is 0 Å². The second-order valence-electron chi connectivity index (χ2n) is 7.01. The Hall–Kier alpha value is -1.82. The van der Waals surface area contributed by atoms with E-state index in [0.29, 0.717) is 12.2 Å². The summed E-state index contributed by atoms with van der Waals surface area (Å²) in [4.78, 5) is 14.6. The van der Waals surface area contributed by atoms with E-state index in [1.54, 1.807) is 17.0 Å². The first-order chi connectivity index (χ1) is 11.3. The van der Waals surface area contributed by atoms with Crippen LogP contribution in [0.3, 0.4) is 0 Å². The Kier molecular flexibility index (Phi) is 3.33. The molecule has 4 rings (SSSR count). The Bertz CT molecular complexity index is 691. The number of epoxide rings is 1.